The molecule has 0 heterocycles. The van der Waals surface area contributed by atoms with Gasteiger partial charge in [0.05, 0.1) is 6.10 Å². The van der Waals surface area contributed by atoms with Gasteiger partial charge in [-0.1, -0.05) is 36.4 Å². The SMILES string of the molecule is C=C[C@@H](O)CCNC(=O)OCc1ccccc1. The van der Waals surface area contributed by atoms with E-state index in [9.17, 15) is 4.79 Å². The van der Waals surface area contributed by atoms with Crippen molar-refractivity contribution >= 4 is 6.09 Å². The molecule has 92 valence electrons. The standard InChI is InChI=1S/C13H17NO3/c1-2-12(15)8-9-14-13(16)17-10-11-6-4-3-5-7-11/h2-7,12,15H,1,8-10H2,(H,14,16)/t12-/m1/s1. The zero-order valence-electron chi connectivity index (χ0n) is 9.63. The second-order valence-corrected chi connectivity index (χ2v) is 3.58. The van der Waals surface area contributed by atoms with Crippen molar-refractivity contribution in [3.05, 3.63) is 48.6 Å². The average Bonchev–Trinajstić information content (AvgIpc) is 2.37. The molecule has 0 aliphatic carbocycles. The molecule has 0 saturated carbocycles. The Kier molecular flexibility index (Phi) is 5.82. The van der Waals surface area contributed by atoms with E-state index in [1.807, 2.05) is 30.3 Å². The van der Waals surface area contributed by atoms with Crippen LogP contribution in [0.4, 0.5) is 4.79 Å². The van der Waals surface area contributed by atoms with E-state index in [0.717, 1.165) is 5.56 Å². The van der Waals surface area contributed by atoms with Crippen LogP contribution in [-0.2, 0) is 11.3 Å². The first-order valence-electron chi connectivity index (χ1n) is 5.47. The van der Waals surface area contributed by atoms with Crippen molar-refractivity contribution in [1.29, 1.82) is 0 Å². The van der Waals surface area contributed by atoms with E-state index in [2.05, 4.69) is 11.9 Å². The van der Waals surface area contributed by atoms with Crippen LogP contribution in [0.5, 0.6) is 0 Å². The van der Waals surface area contributed by atoms with Crippen LogP contribution >= 0.6 is 0 Å². The molecule has 0 radical (unpaired) electrons. The summed E-state index contributed by atoms with van der Waals surface area (Å²) in [5, 5.41) is 11.7. The first-order valence-corrected chi connectivity index (χ1v) is 5.47. The van der Waals surface area contributed by atoms with Gasteiger partial charge < -0.3 is 15.2 Å². The van der Waals surface area contributed by atoms with Crippen LogP contribution in [0.15, 0.2) is 43.0 Å². The van der Waals surface area contributed by atoms with Gasteiger partial charge in [0, 0.05) is 6.54 Å². The number of carbonyl (C=O) groups excluding carboxylic acids is 1. The summed E-state index contributed by atoms with van der Waals surface area (Å²) in [5.74, 6) is 0. The highest BCUT2D eigenvalue weighted by Crippen LogP contribution is 2.00. The summed E-state index contributed by atoms with van der Waals surface area (Å²) in [7, 11) is 0. The van der Waals surface area contributed by atoms with Crippen LogP contribution < -0.4 is 5.32 Å². The monoisotopic (exact) mass is 235 g/mol. The van der Waals surface area contributed by atoms with Crippen LogP contribution in [0.1, 0.15) is 12.0 Å². The first-order chi connectivity index (χ1) is 8.22. The lowest BCUT2D eigenvalue weighted by atomic mass is 10.2. The summed E-state index contributed by atoms with van der Waals surface area (Å²) in [5.41, 5.74) is 0.939. The van der Waals surface area contributed by atoms with Gasteiger partial charge in [0.25, 0.3) is 0 Å². The Morgan fingerprint density at radius 3 is 2.82 bits per heavy atom. The number of carbonyl (C=O) groups is 1. The smallest absolute Gasteiger partial charge is 0.407 e. The van der Waals surface area contributed by atoms with Crippen LogP contribution in [0.3, 0.4) is 0 Å². The van der Waals surface area contributed by atoms with Crippen LogP contribution in [0.2, 0.25) is 0 Å². The summed E-state index contributed by atoms with van der Waals surface area (Å²) in [6, 6.07) is 9.44. The molecule has 0 aromatic heterocycles. The Bertz CT molecular complexity index is 351. The molecule has 1 atom stereocenters. The van der Waals surface area contributed by atoms with Crippen molar-refractivity contribution in [2.45, 2.75) is 19.1 Å². The van der Waals surface area contributed by atoms with Crippen molar-refractivity contribution in [1.82, 2.24) is 5.32 Å². The molecule has 1 rings (SSSR count). The number of amides is 1. The number of nitrogens with one attached hydrogen (secondary N) is 1. The molecule has 0 bridgehead atoms. The summed E-state index contributed by atoms with van der Waals surface area (Å²) in [6.45, 7) is 4.05. The molecule has 0 saturated heterocycles. The highest BCUT2D eigenvalue weighted by atomic mass is 16.5. The van der Waals surface area contributed by atoms with E-state index in [1.54, 1.807) is 0 Å². The van der Waals surface area contributed by atoms with E-state index < -0.39 is 12.2 Å². The molecular formula is C13H17NO3. The van der Waals surface area contributed by atoms with E-state index in [4.69, 9.17) is 9.84 Å². The summed E-state index contributed by atoms with van der Waals surface area (Å²) in [6.07, 6.45) is 0.788. The second-order valence-electron chi connectivity index (χ2n) is 3.58. The predicted octanol–water partition coefficient (Wildman–Crippen LogP) is 1.85. The maximum atomic E-state index is 11.2. The predicted molar refractivity (Wildman–Crippen MR) is 65.5 cm³/mol. The van der Waals surface area contributed by atoms with Gasteiger partial charge in [-0.25, -0.2) is 4.79 Å². The minimum atomic E-state index is -0.593. The normalized spacial score (nSPS) is 11.6. The topological polar surface area (TPSA) is 58.6 Å². The van der Waals surface area contributed by atoms with Gasteiger partial charge >= 0.3 is 6.09 Å². The van der Waals surface area contributed by atoms with Crippen molar-refractivity contribution in [2.75, 3.05) is 6.54 Å². The van der Waals surface area contributed by atoms with Gasteiger partial charge in [0.2, 0.25) is 0 Å². The molecule has 0 spiro atoms. The lowest BCUT2D eigenvalue weighted by Gasteiger charge is -2.08. The van der Waals surface area contributed by atoms with Gasteiger partial charge in [-0.05, 0) is 12.0 Å². The molecular weight excluding hydrogens is 218 g/mol. The van der Waals surface area contributed by atoms with E-state index in [-0.39, 0.29) is 6.61 Å². The zero-order valence-corrected chi connectivity index (χ0v) is 9.63. The molecule has 17 heavy (non-hydrogen) atoms. The number of aliphatic hydroxyl groups is 1. The molecule has 4 heteroatoms. The number of hydrogen-bond acceptors (Lipinski definition) is 3. The molecule has 0 unspecified atom stereocenters. The third-order valence-electron chi connectivity index (χ3n) is 2.19. The molecule has 1 aromatic rings. The summed E-state index contributed by atoms with van der Waals surface area (Å²) in [4.78, 5) is 11.2. The average molecular weight is 235 g/mol. The number of rotatable bonds is 6. The largest absolute Gasteiger partial charge is 0.445 e. The van der Waals surface area contributed by atoms with Crippen molar-refractivity contribution in [2.24, 2.45) is 0 Å². The van der Waals surface area contributed by atoms with Gasteiger partial charge in [-0.2, -0.15) is 0 Å². The van der Waals surface area contributed by atoms with Gasteiger partial charge in [0.1, 0.15) is 6.61 Å². The Morgan fingerprint density at radius 2 is 2.18 bits per heavy atom. The maximum absolute atomic E-state index is 11.2. The maximum Gasteiger partial charge on any atom is 0.407 e. The van der Waals surface area contributed by atoms with Crippen LogP contribution in [0.25, 0.3) is 0 Å². The van der Waals surface area contributed by atoms with E-state index in [1.165, 1.54) is 6.08 Å². The number of alkyl carbamates (subject to hydrolysis) is 1. The number of hydrogen-bond donors (Lipinski definition) is 2. The summed E-state index contributed by atoms with van der Waals surface area (Å²) < 4.78 is 4.99. The van der Waals surface area contributed by atoms with E-state index in [0.29, 0.717) is 13.0 Å². The fourth-order valence-electron chi connectivity index (χ4n) is 1.21. The Balaban J connectivity index is 2.15. The number of benzene rings is 1. The lowest BCUT2D eigenvalue weighted by molar-refractivity contribution is 0.137. The molecule has 1 aromatic carbocycles. The molecule has 1 amide bonds. The van der Waals surface area contributed by atoms with Crippen molar-refractivity contribution in [3.8, 4) is 0 Å². The number of aliphatic hydroxyl groups excluding tert-OH is 1. The Labute approximate surface area is 101 Å². The molecule has 4 nitrogen and oxygen atoms in total. The van der Waals surface area contributed by atoms with Crippen molar-refractivity contribution in [3.63, 3.8) is 0 Å². The molecule has 0 aliphatic rings. The Morgan fingerprint density at radius 1 is 1.47 bits per heavy atom. The minimum Gasteiger partial charge on any atom is -0.445 e. The van der Waals surface area contributed by atoms with Crippen molar-refractivity contribution < 1.29 is 14.6 Å². The fraction of sp³-hybridized carbons (Fsp3) is 0.308. The lowest BCUT2D eigenvalue weighted by Crippen LogP contribution is -2.27. The zero-order chi connectivity index (χ0) is 12.5. The van der Waals surface area contributed by atoms with Crippen LogP contribution in [-0.4, -0.2) is 23.8 Å². The van der Waals surface area contributed by atoms with Gasteiger partial charge in [-0.3, -0.25) is 0 Å². The Hall–Kier alpha value is -1.81. The summed E-state index contributed by atoms with van der Waals surface area (Å²) >= 11 is 0. The van der Waals surface area contributed by atoms with Gasteiger partial charge in [0.15, 0.2) is 0 Å². The highest BCUT2D eigenvalue weighted by Gasteiger charge is 2.03. The third kappa shape index (κ3) is 5.73. The third-order valence-corrected chi connectivity index (χ3v) is 2.19. The molecule has 0 fully saturated rings. The number of ether oxygens (including phenoxy) is 1. The first kappa shape index (κ1) is 13.3. The van der Waals surface area contributed by atoms with Gasteiger partial charge in [-0.15, -0.1) is 6.58 Å². The molecule has 2 N–H and O–H groups in total. The quantitative estimate of drug-likeness (QED) is 0.740. The molecule has 0 aliphatic heterocycles. The highest BCUT2D eigenvalue weighted by molar-refractivity contribution is 5.67. The van der Waals surface area contributed by atoms with Crippen LogP contribution in [0, 0.1) is 0 Å². The minimum absolute atomic E-state index is 0.247. The second kappa shape index (κ2) is 7.46. The van der Waals surface area contributed by atoms with E-state index >= 15 is 0 Å². The fourth-order valence-corrected chi connectivity index (χ4v) is 1.21.